The van der Waals surface area contributed by atoms with Gasteiger partial charge in [-0.15, -0.1) is 0 Å². The predicted octanol–water partition coefficient (Wildman–Crippen LogP) is 4.86. The summed E-state index contributed by atoms with van der Waals surface area (Å²) in [4.78, 5) is 1.89. The summed E-state index contributed by atoms with van der Waals surface area (Å²) in [7, 11) is -1.39. The number of allylic oxidation sites excluding steroid dienone is 2. The lowest BCUT2D eigenvalue weighted by atomic mass is 10.1. The van der Waals surface area contributed by atoms with Gasteiger partial charge >= 0.3 is 0 Å². The van der Waals surface area contributed by atoms with Crippen molar-refractivity contribution in [2.75, 3.05) is 6.61 Å². The molecule has 1 aromatic heterocycles. The van der Waals surface area contributed by atoms with Gasteiger partial charge in [0.15, 0.2) is 0 Å². The van der Waals surface area contributed by atoms with E-state index in [1.807, 2.05) is 11.3 Å². The number of hydrogen-bond acceptors (Lipinski definition) is 2. The quantitative estimate of drug-likeness (QED) is 0.407. The highest BCUT2D eigenvalue weighted by Crippen LogP contribution is 2.38. The van der Waals surface area contributed by atoms with Gasteiger partial charge in [-0.25, -0.2) is 0 Å². The zero-order valence-corrected chi connectivity index (χ0v) is 16.3. The van der Waals surface area contributed by atoms with Crippen LogP contribution < -0.4 is 4.50 Å². The normalized spacial score (nSPS) is 25.4. The van der Waals surface area contributed by atoms with Crippen molar-refractivity contribution < 1.29 is 4.74 Å². The van der Waals surface area contributed by atoms with Gasteiger partial charge in [-0.05, 0) is 42.8 Å². The van der Waals surface area contributed by atoms with Crippen molar-refractivity contribution in [1.82, 2.24) is 0 Å². The molecule has 2 heterocycles. The predicted molar refractivity (Wildman–Crippen MR) is 96.4 cm³/mol. The minimum absolute atomic E-state index is 0.379. The van der Waals surface area contributed by atoms with E-state index in [-0.39, 0.29) is 0 Å². The van der Waals surface area contributed by atoms with Gasteiger partial charge in [-0.2, -0.15) is 11.3 Å². The third-order valence-electron chi connectivity index (χ3n) is 4.42. The highest BCUT2D eigenvalue weighted by Gasteiger charge is 2.42. The number of aryl methyl sites for hydroxylation is 1. The first-order valence-electron chi connectivity index (χ1n) is 7.39. The second-order valence-electron chi connectivity index (χ2n) is 6.26. The Bertz CT molecular complexity index is 469. The summed E-state index contributed by atoms with van der Waals surface area (Å²) in [6.45, 7) is 10.2. The number of halogens is 1. The molecule has 0 bridgehead atoms. The Morgan fingerprint density at radius 3 is 2.85 bits per heavy atom. The first-order valence-corrected chi connectivity index (χ1v) is 12.2. The van der Waals surface area contributed by atoms with Gasteiger partial charge in [0.05, 0.1) is 14.2 Å². The van der Waals surface area contributed by atoms with E-state index < -0.39 is 8.07 Å². The van der Waals surface area contributed by atoms with Crippen molar-refractivity contribution in [2.24, 2.45) is 0 Å². The van der Waals surface area contributed by atoms with Crippen LogP contribution in [-0.4, -0.2) is 25.6 Å². The van der Waals surface area contributed by atoms with Crippen molar-refractivity contribution in [1.29, 1.82) is 0 Å². The van der Waals surface area contributed by atoms with Crippen LogP contribution in [0, 0.1) is 6.92 Å². The van der Waals surface area contributed by atoms with E-state index in [2.05, 4.69) is 67.2 Å². The van der Waals surface area contributed by atoms with Crippen LogP contribution in [0.3, 0.4) is 0 Å². The summed E-state index contributed by atoms with van der Waals surface area (Å²) in [5, 5.41) is 0. The molecular weight excluding hydrogens is 348 g/mol. The Morgan fingerprint density at radius 2 is 2.25 bits per heavy atom. The van der Waals surface area contributed by atoms with Crippen LogP contribution in [-0.2, 0) is 4.74 Å². The summed E-state index contributed by atoms with van der Waals surface area (Å²) in [5.41, 5.74) is 0.746. The molecule has 0 radical (unpaired) electrons. The standard InChI is InChI=1S/C16H25BrOSSi/c1-5-6-7-14(17)15-10-13(11-18-15)20(3,4)16-9-8-12(2)19-16/h5-6,8-9,13-15H,7,10-11H2,1-4H3/b6-5+/t13-,14-,15-/m0/s1. The van der Waals surface area contributed by atoms with Gasteiger partial charge in [-0.1, -0.05) is 47.2 Å². The zero-order valence-electron chi connectivity index (χ0n) is 12.9. The van der Waals surface area contributed by atoms with E-state index in [1.54, 1.807) is 4.50 Å². The van der Waals surface area contributed by atoms with E-state index in [4.69, 9.17) is 4.74 Å². The molecule has 0 aliphatic carbocycles. The zero-order chi connectivity index (χ0) is 14.8. The van der Waals surface area contributed by atoms with Crippen molar-refractivity contribution in [3.63, 3.8) is 0 Å². The molecule has 2 rings (SSSR count). The average molecular weight is 373 g/mol. The van der Waals surface area contributed by atoms with Gasteiger partial charge in [-0.3, -0.25) is 0 Å². The second-order valence-corrected chi connectivity index (χ2v) is 13.9. The van der Waals surface area contributed by atoms with E-state index in [0.29, 0.717) is 10.9 Å². The molecule has 0 unspecified atom stereocenters. The maximum absolute atomic E-state index is 6.10. The Hall–Kier alpha value is 0.0969. The molecule has 1 nitrogen and oxygen atoms in total. The summed E-state index contributed by atoms with van der Waals surface area (Å²) in [6, 6.07) is 4.62. The largest absolute Gasteiger partial charge is 0.377 e. The lowest BCUT2D eigenvalue weighted by Crippen LogP contribution is -2.44. The van der Waals surface area contributed by atoms with E-state index in [0.717, 1.165) is 18.6 Å². The highest BCUT2D eigenvalue weighted by molar-refractivity contribution is 9.09. The van der Waals surface area contributed by atoms with Gasteiger partial charge in [0, 0.05) is 16.3 Å². The first kappa shape index (κ1) is 16.5. The monoisotopic (exact) mass is 372 g/mol. The number of ether oxygens (including phenoxy) is 1. The molecule has 1 aliphatic heterocycles. The van der Waals surface area contributed by atoms with Crippen LogP contribution in [0.15, 0.2) is 24.3 Å². The fourth-order valence-electron chi connectivity index (χ4n) is 2.81. The lowest BCUT2D eigenvalue weighted by Gasteiger charge is -2.27. The molecule has 1 fully saturated rings. The molecule has 20 heavy (non-hydrogen) atoms. The lowest BCUT2D eigenvalue weighted by molar-refractivity contribution is 0.110. The highest BCUT2D eigenvalue weighted by atomic mass is 79.9. The van der Waals surface area contributed by atoms with Crippen molar-refractivity contribution >= 4 is 39.8 Å². The number of hydrogen-bond donors (Lipinski definition) is 0. The third kappa shape index (κ3) is 3.64. The summed E-state index contributed by atoms with van der Waals surface area (Å²) in [6.07, 6.45) is 7.00. The summed E-state index contributed by atoms with van der Waals surface area (Å²) in [5.74, 6) is 0. The summed E-state index contributed by atoms with van der Waals surface area (Å²) >= 11 is 5.79. The Labute approximate surface area is 136 Å². The molecule has 3 atom stereocenters. The molecule has 112 valence electrons. The maximum Gasteiger partial charge on any atom is 0.0988 e. The number of thiophene rings is 1. The van der Waals surface area contributed by atoms with E-state index >= 15 is 0 Å². The first-order chi connectivity index (χ1) is 9.45. The molecule has 4 heteroatoms. The van der Waals surface area contributed by atoms with Crippen molar-refractivity contribution in [3.8, 4) is 0 Å². The molecule has 1 aromatic rings. The van der Waals surface area contributed by atoms with Crippen molar-refractivity contribution in [2.45, 2.75) is 56.3 Å². The fraction of sp³-hybridized carbons (Fsp3) is 0.625. The molecule has 0 saturated carbocycles. The smallest absolute Gasteiger partial charge is 0.0988 e. The van der Waals surface area contributed by atoms with E-state index in [9.17, 15) is 0 Å². The Morgan fingerprint density at radius 1 is 1.50 bits per heavy atom. The summed E-state index contributed by atoms with van der Waals surface area (Å²) < 4.78 is 7.73. The molecule has 0 aromatic carbocycles. The van der Waals surface area contributed by atoms with Crippen LogP contribution in [0.25, 0.3) is 0 Å². The molecule has 0 spiro atoms. The molecule has 1 aliphatic rings. The van der Waals surface area contributed by atoms with E-state index in [1.165, 1.54) is 11.3 Å². The Balaban J connectivity index is 2.01. The molecular formula is C16H25BrOSSi. The van der Waals surface area contributed by atoms with Crippen LogP contribution in [0.1, 0.15) is 24.6 Å². The van der Waals surface area contributed by atoms with Crippen LogP contribution >= 0.6 is 27.3 Å². The van der Waals surface area contributed by atoms with Crippen LogP contribution in [0.4, 0.5) is 0 Å². The van der Waals surface area contributed by atoms with Gasteiger partial charge in [0.2, 0.25) is 0 Å². The molecule has 1 saturated heterocycles. The van der Waals surface area contributed by atoms with Crippen molar-refractivity contribution in [3.05, 3.63) is 29.2 Å². The topological polar surface area (TPSA) is 9.23 Å². The van der Waals surface area contributed by atoms with Crippen LogP contribution in [0.5, 0.6) is 0 Å². The minimum Gasteiger partial charge on any atom is -0.377 e. The Kier molecular flexibility index (Phi) is 5.68. The molecule has 0 amide bonds. The average Bonchev–Trinajstić information content (AvgIpc) is 3.04. The van der Waals surface area contributed by atoms with Gasteiger partial charge < -0.3 is 4.74 Å². The third-order valence-corrected chi connectivity index (χ3v) is 12.0. The fourth-order valence-corrected chi connectivity index (χ4v) is 8.30. The van der Waals surface area contributed by atoms with Crippen LogP contribution in [0.2, 0.25) is 18.6 Å². The molecule has 0 N–H and O–H groups in total. The second kappa shape index (κ2) is 6.90. The maximum atomic E-state index is 6.10. The number of rotatable bonds is 5. The minimum atomic E-state index is -1.39. The van der Waals surface area contributed by atoms with Gasteiger partial charge in [0.25, 0.3) is 0 Å². The SMILES string of the molecule is C/C=C/C[C@H](Br)[C@@H]1C[C@H]([Si](C)(C)c2ccc(C)s2)CO1. The number of alkyl halides is 1. The van der Waals surface area contributed by atoms with Gasteiger partial charge in [0.1, 0.15) is 0 Å².